The van der Waals surface area contributed by atoms with Crippen LogP contribution in [0, 0.1) is 24.0 Å². The molecule has 128 valence electrons. The number of halogens is 3. The Hall–Kier alpha value is -1.50. The fraction of sp³-hybridized carbons (Fsp3) is 0.200. The van der Waals surface area contributed by atoms with Crippen molar-refractivity contribution in [3.63, 3.8) is 0 Å². The maximum Gasteiger partial charge on any atom is 0.254 e. The number of aliphatic hydroxyl groups is 1. The van der Waals surface area contributed by atoms with Crippen LogP contribution in [0.4, 0.5) is 8.78 Å². The van der Waals surface area contributed by atoms with Gasteiger partial charge in [-0.3, -0.25) is 0 Å². The zero-order valence-corrected chi connectivity index (χ0v) is 14.5. The summed E-state index contributed by atoms with van der Waals surface area (Å²) in [5, 5.41) is 9.63. The molecule has 0 aliphatic rings. The third-order valence-electron chi connectivity index (χ3n) is 3.15. The number of rotatable bonds is 6. The van der Waals surface area contributed by atoms with Crippen LogP contribution in [0.5, 0.6) is 0 Å². The lowest BCUT2D eigenvalue weighted by Crippen LogP contribution is -2.36. The van der Waals surface area contributed by atoms with E-state index in [4.69, 9.17) is 18.0 Å². The summed E-state index contributed by atoms with van der Waals surface area (Å²) in [5.74, 6) is 0.408. The quantitative estimate of drug-likeness (QED) is 0.770. The van der Waals surface area contributed by atoms with Gasteiger partial charge < -0.3 is 5.11 Å². The second-order valence-electron chi connectivity index (χ2n) is 4.71. The number of thiophene rings is 1. The Morgan fingerprint density at radius 2 is 1.92 bits per heavy atom. The van der Waals surface area contributed by atoms with Gasteiger partial charge >= 0.3 is 0 Å². The SMILES string of the molecule is C#CCN([C@@H](CO)c1cc(F)cc(F)c1)S(=O)(=O)c1ccc(Cl)s1. The van der Waals surface area contributed by atoms with Gasteiger partial charge in [0.25, 0.3) is 10.0 Å². The first-order valence-corrected chi connectivity index (χ1v) is 9.20. The smallest absolute Gasteiger partial charge is 0.254 e. The molecule has 0 unspecified atom stereocenters. The fourth-order valence-electron chi connectivity index (χ4n) is 2.13. The monoisotopic (exact) mass is 391 g/mol. The molecule has 24 heavy (non-hydrogen) atoms. The number of hydrogen-bond donors (Lipinski definition) is 1. The highest BCUT2D eigenvalue weighted by atomic mass is 35.5. The second-order valence-corrected chi connectivity index (χ2v) is 8.55. The normalized spacial score (nSPS) is 13.0. The Bertz CT molecular complexity index is 857. The molecule has 0 saturated heterocycles. The molecule has 0 fully saturated rings. The molecule has 0 bridgehead atoms. The standard InChI is InChI=1S/C15H12ClF2NO3S2/c1-2-5-19(24(21,22)15-4-3-14(16)23-15)13(9-20)10-6-11(17)8-12(18)7-10/h1,3-4,6-8,13,20H,5,9H2/t13-/m0/s1. The molecule has 0 radical (unpaired) electrons. The molecule has 2 aromatic rings. The third kappa shape index (κ3) is 3.94. The van der Waals surface area contributed by atoms with E-state index in [1.807, 2.05) is 0 Å². The minimum Gasteiger partial charge on any atom is -0.394 e. The van der Waals surface area contributed by atoms with Crippen molar-refractivity contribution >= 4 is 33.0 Å². The molecule has 1 aromatic heterocycles. The van der Waals surface area contributed by atoms with Gasteiger partial charge in [0.15, 0.2) is 0 Å². The molecule has 0 spiro atoms. The largest absolute Gasteiger partial charge is 0.394 e. The van der Waals surface area contributed by atoms with Crippen molar-refractivity contribution < 1.29 is 22.3 Å². The minimum absolute atomic E-state index is 0.0449. The Kier molecular flexibility index (Phi) is 5.96. The van der Waals surface area contributed by atoms with Gasteiger partial charge in [0.2, 0.25) is 0 Å². The molecule has 1 heterocycles. The highest BCUT2D eigenvalue weighted by Gasteiger charge is 2.33. The Labute approximate surface area is 147 Å². The number of hydrogen-bond acceptors (Lipinski definition) is 4. The predicted octanol–water partition coefficient (Wildman–Crippen LogP) is 3.04. The van der Waals surface area contributed by atoms with E-state index >= 15 is 0 Å². The van der Waals surface area contributed by atoms with E-state index in [1.54, 1.807) is 0 Å². The van der Waals surface area contributed by atoms with Crippen molar-refractivity contribution in [2.24, 2.45) is 0 Å². The average molecular weight is 392 g/mol. The first kappa shape index (κ1) is 18.8. The number of benzene rings is 1. The van der Waals surface area contributed by atoms with Gasteiger partial charge in [-0.05, 0) is 29.8 Å². The first-order chi connectivity index (χ1) is 11.3. The lowest BCUT2D eigenvalue weighted by Gasteiger charge is -2.28. The van der Waals surface area contributed by atoms with Crippen LogP contribution in [0.3, 0.4) is 0 Å². The van der Waals surface area contributed by atoms with Crippen LogP contribution < -0.4 is 0 Å². The van der Waals surface area contributed by atoms with Crippen molar-refractivity contribution in [3.05, 3.63) is 51.9 Å². The molecule has 0 aliphatic heterocycles. The van der Waals surface area contributed by atoms with E-state index in [0.29, 0.717) is 6.07 Å². The summed E-state index contributed by atoms with van der Waals surface area (Å²) in [6.45, 7) is -1.09. The van der Waals surface area contributed by atoms with Crippen molar-refractivity contribution in [1.29, 1.82) is 0 Å². The van der Waals surface area contributed by atoms with Gasteiger partial charge in [0.1, 0.15) is 15.8 Å². The Balaban J connectivity index is 2.53. The van der Waals surface area contributed by atoms with Crippen molar-refractivity contribution in [1.82, 2.24) is 4.31 Å². The van der Waals surface area contributed by atoms with Crippen LogP contribution >= 0.6 is 22.9 Å². The molecule has 4 nitrogen and oxygen atoms in total. The number of terminal acetylenes is 1. The predicted molar refractivity (Wildman–Crippen MR) is 88.2 cm³/mol. The molecule has 1 N–H and O–H groups in total. The summed E-state index contributed by atoms with van der Waals surface area (Å²) < 4.78 is 53.4. The van der Waals surface area contributed by atoms with Gasteiger partial charge in [0, 0.05) is 6.07 Å². The van der Waals surface area contributed by atoms with E-state index in [2.05, 4.69) is 5.92 Å². The number of sulfonamides is 1. The van der Waals surface area contributed by atoms with E-state index in [1.165, 1.54) is 12.1 Å². The fourth-order valence-corrected chi connectivity index (χ4v) is 5.27. The lowest BCUT2D eigenvalue weighted by atomic mass is 10.1. The maximum atomic E-state index is 13.5. The first-order valence-electron chi connectivity index (χ1n) is 6.57. The molecule has 0 saturated carbocycles. The van der Waals surface area contributed by atoms with Gasteiger partial charge in [-0.25, -0.2) is 17.2 Å². The van der Waals surface area contributed by atoms with Crippen molar-refractivity contribution in [2.75, 3.05) is 13.2 Å². The van der Waals surface area contributed by atoms with E-state index in [-0.39, 0.29) is 20.7 Å². The Morgan fingerprint density at radius 3 is 2.38 bits per heavy atom. The minimum atomic E-state index is -4.11. The Morgan fingerprint density at radius 1 is 1.29 bits per heavy atom. The van der Waals surface area contributed by atoms with Gasteiger partial charge in [-0.15, -0.1) is 17.8 Å². The maximum absolute atomic E-state index is 13.5. The molecular formula is C15H12ClF2NO3S2. The van der Waals surface area contributed by atoms with Crippen LogP contribution in [0.25, 0.3) is 0 Å². The van der Waals surface area contributed by atoms with Crippen LogP contribution in [-0.2, 0) is 10.0 Å². The second kappa shape index (κ2) is 7.59. The molecule has 2 rings (SSSR count). The van der Waals surface area contributed by atoms with Gasteiger partial charge in [0.05, 0.1) is 23.5 Å². The summed E-state index contributed by atoms with van der Waals surface area (Å²) in [5.41, 5.74) is -0.0449. The molecule has 0 aliphatic carbocycles. The van der Waals surface area contributed by atoms with Crippen LogP contribution in [0.1, 0.15) is 11.6 Å². The van der Waals surface area contributed by atoms with E-state index in [0.717, 1.165) is 27.8 Å². The molecule has 1 aromatic carbocycles. The van der Waals surface area contributed by atoms with Crippen LogP contribution in [-0.4, -0.2) is 31.0 Å². The molecule has 1 atom stereocenters. The molecular weight excluding hydrogens is 380 g/mol. The third-order valence-corrected chi connectivity index (χ3v) is 6.70. The van der Waals surface area contributed by atoms with Gasteiger partial charge in [-0.2, -0.15) is 4.31 Å². The molecule has 0 amide bonds. The van der Waals surface area contributed by atoms with Crippen LogP contribution in [0.15, 0.2) is 34.5 Å². The zero-order chi connectivity index (χ0) is 17.9. The van der Waals surface area contributed by atoms with Gasteiger partial charge in [-0.1, -0.05) is 17.5 Å². The summed E-state index contributed by atoms with van der Waals surface area (Å²) in [6, 6.07) is 4.01. The van der Waals surface area contributed by atoms with Crippen LogP contribution in [0.2, 0.25) is 4.34 Å². The lowest BCUT2D eigenvalue weighted by molar-refractivity contribution is 0.196. The zero-order valence-electron chi connectivity index (χ0n) is 12.1. The topological polar surface area (TPSA) is 57.6 Å². The van der Waals surface area contributed by atoms with Crippen molar-refractivity contribution in [3.8, 4) is 12.3 Å². The summed E-state index contributed by atoms with van der Waals surface area (Å²) in [6.07, 6.45) is 5.23. The number of nitrogens with zero attached hydrogens (tertiary/aromatic N) is 1. The molecule has 9 heteroatoms. The highest BCUT2D eigenvalue weighted by molar-refractivity contribution is 7.91. The average Bonchev–Trinajstić information content (AvgIpc) is 2.93. The summed E-state index contributed by atoms with van der Waals surface area (Å²) >= 11 is 6.58. The van der Waals surface area contributed by atoms with E-state index in [9.17, 15) is 22.3 Å². The van der Waals surface area contributed by atoms with Crippen molar-refractivity contribution in [2.45, 2.75) is 10.3 Å². The summed E-state index contributed by atoms with van der Waals surface area (Å²) in [4.78, 5) is 0. The summed E-state index contributed by atoms with van der Waals surface area (Å²) in [7, 11) is -4.11. The van der Waals surface area contributed by atoms with E-state index < -0.39 is 34.3 Å². The highest BCUT2D eigenvalue weighted by Crippen LogP contribution is 2.33. The number of aliphatic hydroxyl groups excluding tert-OH is 1.